The molecule has 1 unspecified atom stereocenters. The van der Waals surface area contributed by atoms with Gasteiger partial charge in [-0.3, -0.25) is 9.48 Å². The highest BCUT2D eigenvalue weighted by Crippen LogP contribution is 2.23. The molecule has 1 aromatic heterocycles. The van der Waals surface area contributed by atoms with E-state index in [-0.39, 0.29) is 36.3 Å². The van der Waals surface area contributed by atoms with Crippen LogP contribution >= 0.6 is 12.4 Å². The van der Waals surface area contributed by atoms with E-state index >= 15 is 0 Å². The Hall–Kier alpha value is -1.30. The zero-order chi connectivity index (χ0) is 17.7. The van der Waals surface area contributed by atoms with Gasteiger partial charge >= 0.3 is 0 Å². The van der Waals surface area contributed by atoms with E-state index in [0.717, 1.165) is 17.1 Å². The zero-order valence-corrected chi connectivity index (χ0v) is 15.1. The largest absolute Gasteiger partial charge is 0.355 e. The first-order valence-corrected chi connectivity index (χ1v) is 9.07. The summed E-state index contributed by atoms with van der Waals surface area (Å²) in [5.74, 6) is -0.676. The maximum atomic E-state index is 12.6. The second-order valence-corrected chi connectivity index (χ2v) is 7.51. The van der Waals surface area contributed by atoms with Crippen molar-refractivity contribution >= 4 is 28.3 Å². The van der Waals surface area contributed by atoms with Crippen molar-refractivity contribution in [3.8, 4) is 0 Å². The van der Waals surface area contributed by atoms with Crippen LogP contribution in [0.3, 0.4) is 0 Å². The number of rotatable bonds is 7. The molecule has 1 aliphatic heterocycles. The van der Waals surface area contributed by atoms with Gasteiger partial charge in [0, 0.05) is 32.4 Å². The van der Waals surface area contributed by atoms with Gasteiger partial charge in [-0.15, -0.1) is 12.4 Å². The van der Waals surface area contributed by atoms with Gasteiger partial charge in [0.25, 0.3) is 6.43 Å². The van der Waals surface area contributed by atoms with Crippen LogP contribution in [0, 0.1) is 5.92 Å². The maximum Gasteiger partial charge on any atom is 0.257 e. The predicted octanol–water partition coefficient (Wildman–Crippen LogP) is 0.0456. The number of nitrogens with two attached hydrogens (primary N) is 1. The van der Waals surface area contributed by atoms with Crippen LogP contribution in [0.5, 0.6) is 0 Å². The molecule has 1 amide bonds. The molecule has 0 saturated carbocycles. The molecule has 1 saturated heterocycles. The quantitative estimate of drug-likeness (QED) is 0.670. The fraction of sp³-hybridized carbons (Fsp3) is 0.692. The monoisotopic (exact) mass is 401 g/mol. The van der Waals surface area contributed by atoms with E-state index in [1.807, 2.05) is 0 Å². The molecule has 0 aliphatic carbocycles. The van der Waals surface area contributed by atoms with Gasteiger partial charge < -0.3 is 11.1 Å². The summed E-state index contributed by atoms with van der Waals surface area (Å²) >= 11 is 0. The highest BCUT2D eigenvalue weighted by atomic mass is 35.5. The van der Waals surface area contributed by atoms with Crippen LogP contribution in [-0.2, 0) is 21.4 Å². The van der Waals surface area contributed by atoms with Crippen molar-refractivity contribution in [3.05, 3.63) is 12.4 Å². The fourth-order valence-corrected chi connectivity index (χ4v) is 4.06. The number of carbonyl (C=O) groups is 1. The van der Waals surface area contributed by atoms with Gasteiger partial charge in [0.2, 0.25) is 15.9 Å². The highest BCUT2D eigenvalue weighted by molar-refractivity contribution is 7.89. The lowest BCUT2D eigenvalue weighted by molar-refractivity contribution is -0.126. The molecule has 25 heavy (non-hydrogen) atoms. The van der Waals surface area contributed by atoms with Gasteiger partial charge in [-0.25, -0.2) is 17.2 Å². The Morgan fingerprint density at radius 1 is 1.48 bits per heavy atom. The van der Waals surface area contributed by atoms with Gasteiger partial charge in [0.15, 0.2) is 0 Å². The number of nitrogens with one attached hydrogen (secondary N) is 1. The molecule has 0 spiro atoms. The number of halogens is 3. The van der Waals surface area contributed by atoms with Gasteiger partial charge in [-0.2, -0.15) is 9.40 Å². The lowest BCUT2D eigenvalue weighted by Crippen LogP contribution is -2.46. The number of alkyl halides is 2. The average molecular weight is 402 g/mol. The standard InChI is InChI=1S/C13H21F2N5O3S.ClH/c14-12(15)9-19-8-11(6-18-19)24(22,23)20-5-1-2-10(7-20)13(21)17-4-3-16;/h6,8,10,12H,1-5,7,9,16H2,(H,17,21);1H. The molecular formula is C13H22ClF2N5O3S. The lowest BCUT2D eigenvalue weighted by Gasteiger charge is -2.30. The van der Waals surface area contributed by atoms with Crippen molar-refractivity contribution in [1.29, 1.82) is 0 Å². The summed E-state index contributed by atoms with van der Waals surface area (Å²) in [6.07, 6.45) is 0.652. The Morgan fingerprint density at radius 2 is 2.20 bits per heavy atom. The van der Waals surface area contributed by atoms with Crippen LogP contribution in [0.1, 0.15) is 12.8 Å². The molecule has 2 heterocycles. The van der Waals surface area contributed by atoms with Crippen LogP contribution < -0.4 is 11.1 Å². The van der Waals surface area contributed by atoms with Crippen LogP contribution in [0.4, 0.5) is 8.78 Å². The van der Waals surface area contributed by atoms with Crippen molar-refractivity contribution in [2.45, 2.75) is 30.7 Å². The number of piperidine rings is 1. The summed E-state index contributed by atoms with van der Waals surface area (Å²) in [6, 6.07) is 0. The summed E-state index contributed by atoms with van der Waals surface area (Å²) < 4.78 is 52.0. The number of hydrogen-bond acceptors (Lipinski definition) is 5. The second kappa shape index (κ2) is 9.41. The Bertz CT molecular complexity index is 670. The van der Waals surface area contributed by atoms with E-state index in [1.165, 1.54) is 4.31 Å². The minimum atomic E-state index is -3.86. The van der Waals surface area contributed by atoms with E-state index in [0.29, 0.717) is 25.9 Å². The van der Waals surface area contributed by atoms with Crippen molar-refractivity contribution in [3.63, 3.8) is 0 Å². The van der Waals surface area contributed by atoms with E-state index in [9.17, 15) is 22.0 Å². The number of nitrogens with zero attached hydrogens (tertiary/aromatic N) is 3. The van der Waals surface area contributed by atoms with Crippen LogP contribution in [0.25, 0.3) is 0 Å². The number of amides is 1. The third kappa shape index (κ3) is 5.59. The summed E-state index contributed by atoms with van der Waals surface area (Å²) in [4.78, 5) is 11.9. The number of sulfonamides is 1. The molecule has 3 N–H and O–H groups in total. The first kappa shape index (κ1) is 21.7. The van der Waals surface area contributed by atoms with Gasteiger partial charge in [-0.1, -0.05) is 0 Å². The van der Waals surface area contributed by atoms with Gasteiger partial charge in [0.05, 0.1) is 12.1 Å². The summed E-state index contributed by atoms with van der Waals surface area (Å²) in [7, 11) is -3.86. The van der Waals surface area contributed by atoms with Gasteiger partial charge in [-0.05, 0) is 12.8 Å². The molecule has 8 nitrogen and oxygen atoms in total. The maximum absolute atomic E-state index is 12.6. The molecule has 1 aromatic rings. The van der Waals surface area contributed by atoms with Crippen LogP contribution in [0.2, 0.25) is 0 Å². The minimum absolute atomic E-state index is 0. The Labute approximate surface area is 151 Å². The molecule has 0 bridgehead atoms. The minimum Gasteiger partial charge on any atom is -0.355 e. The molecule has 1 atom stereocenters. The fourth-order valence-electron chi connectivity index (χ4n) is 2.58. The summed E-state index contributed by atoms with van der Waals surface area (Å²) in [5, 5.41) is 6.30. The van der Waals surface area contributed by atoms with E-state index < -0.39 is 28.9 Å². The molecule has 0 aromatic carbocycles. The van der Waals surface area contributed by atoms with E-state index in [1.54, 1.807) is 0 Å². The topological polar surface area (TPSA) is 110 Å². The molecule has 144 valence electrons. The molecule has 0 radical (unpaired) electrons. The Balaban J connectivity index is 0.00000312. The first-order chi connectivity index (χ1) is 11.3. The van der Waals surface area contributed by atoms with Crippen LogP contribution in [0.15, 0.2) is 17.3 Å². The second-order valence-electron chi connectivity index (χ2n) is 5.57. The Morgan fingerprint density at radius 3 is 2.84 bits per heavy atom. The van der Waals surface area contributed by atoms with Crippen molar-refractivity contribution < 1.29 is 22.0 Å². The summed E-state index contributed by atoms with van der Waals surface area (Å²) in [6.45, 7) is 0.313. The van der Waals surface area contributed by atoms with Crippen molar-refractivity contribution in [2.24, 2.45) is 11.7 Å². The smallest absolute Gasteiger partial charge is 0.257 e. The van der Waals surface area contributed by atoms with Crippen molar-refractivity contribution in [1.82, 2.24) is 19.4 Å². The van der Waals surface area contributed by atoms with Crippen LogP contribution in [-0.4, -0.2) is 61.0 Å². The number of aromatic nitrogens is 2. The third-order valence-electron chi connectivity index (χ3n) is 3.77. The molecular weight excluding hydrogens is 380 g/mol. The third-order valence-corrected chi connectivity index (χ3v) is 5.59. The highest BCUT2D eigenvalue weighted by Gasteiger charge is 2.34. The van der Waals surface area contributed by atoms with Crippen molar-refractivity contribution in [2.75, 3.05) is 26.2 Å². The lowest BCUT2D eigenvalue weighted by atomic mass is 9.99. The zero-order valence-electron chi connectivity index (χ0n) is 13.5. The number of hydrogen-bond donors (Lipinski definition) is 2. The van der Waals surface area contributed by atoms with E-state index in [2.05, 4.69) is 10.4 Å². The number of carbonyl (C=O) groups excluding carboxylic acids is 1. The molecule has 1 fully saturated rings. The van der Waals surface area contributed by atoms with E-state index in [4.69, 9.17) is 5.73 Å². The molecule has 1 aliphatic rings. The molecule has 12 heteroatoms. The Kier molecular flexibility index (Phi) is 8.19. The SMILES string of the molecule is Cl.NCCNC(=O)C1CCCN(S(=O)(=O)c2cnn(CC(F)F)c2)C1. The molecule has 2 rings (SSSR count). The normalized spacial score (nSPS) is 18.8. The predicted molar refractivity (Wildman–Crippen MR) is 89.0 cm³/mol. The van der Waals surface area contributed by atoms with Gasteiger partial charge in [0.1, 0.15) is 11.4 Å². The summed E-state index contributed by atoms with van der Waals surface area (Å²) in [5.41, 5.74) is 5.33. The first-order valence-electron chi connectivity index (χ1n) is 7.63. The average Bonchev–Trinajstić information content (AvgIpc) is 3.01.